The highest BCUT2D eigenvalue weighted by Gasteiger charge is 2.27. The number of nitro benzene ring substituents is 1. The van der Waals surface area contributed by atoms with Crippen LogP contribution in [0.1, 0.15) is 0 Å². The van der Waals surface area contributed by atoms with Gasteiger partial charge in [0.2, 0.25) is 0 Å². The minimum atomic E-state index is -4.50. The second-order valence-electron chi connectivity index (χ2n) is 6.23. The molecule has 0 amide bonds. The highest BCUT2D eigenvalue weighted by atomic mass is 79.9. The summed E-state index contributed by atoms with van der Waals surface area (Å²) in [6, 6.07) is 11.9. The Morgan fingerprint density at radius 2 is 1.28 bits per heavy atom. The zero-order valence-corrected chi connectivity index (χ0v) is 20.4. The van der Waals surface area contributed by atoms with Gasteiger partial charge < -0.3 is 0 Å². The normalized spacial score (nSPS) is 11.7. The first-order chi connectivity index (χ1) is 14.9. The number of halogens is 3. The van der Waals surface area contributed by atoms with Crippen molar-refractivity contribution in [1.82, 2.24) is 0 Å². The van der Waals surface area contributed by atoms with Gasteiger partial charge in [0, 0.05) is 20.7 Å². The average Bonchev–Trinajstić information content (AvgIpc) is 2.70. The van der Waals surface area contributed by atoms with E-state index in [2.05, 4.69) is 36.6 Å². The number of benzene rings is 3. The number of nitrogens with one attached hydrogen (secondary N) is 2. The Balaban J connectivity index is 1.97. The van der Waals surface area contributed by atoms with Gasteiger partial charge in [0.05, 0.1) is 10.6 Å². The van der Waals surface area contributed by atoms with Crippen molar-refractivity contribution in [1.29, 1.82) is 0 Å². The monoisotopic (exact) mass is 607 g/mol. The van der Waals surface area contributed by atoms with Gasteiger partial charge in [0.1, 0.15) is 10.7 Å². The van der Waals surface area contributed by atoms with Crippen LogP contribution in [0.5, 0.6) is 0 Å². The summed E-state index contributed by atoms with van der Waals surface area (Å²) in [4.78, 5) is 8.92. The summed E-state index contributed by atoms with van der Waals surface area (Å²) in [5.74, 6) is -1.12. The van der Waals surface area contributed by atoms with Crippen LogP contribution in [-0.2, 0) is 20.0 Å². The van der Waals surface area contributed by atoms with E-state index in [0.29, 0.717) is 4.47 Å². The molecule has 14 heteroatoms. The predicted octanol–water partition coefficient (Wildman–Crippen LogP) is 4.86. The number of anilines is 2. The van der Waals surface area contributed by atoms with E-state index in [1.54, 1.807) is 12.1 Å². The zero-order chi connectivity index (χ0) is 23.7. The summed E-state index contributed by atoms with van der Waals surface area (Å²) in [6.07, 6.45) is 0. The van der Waals surface area contributed by atoms with Crippen LogP contribution in [-0.4, -0.2) is 21.8 Å². The lowest BCUT2D eigenvalue weighted by molar-refractivity contribution is -0.387. The standard InChI is InChI=1S/C18H12Br2FN3O6S2/c19-11-1-4-13(5-2-11)22-32(29,30)18-10-14(6-7-15(18)21)23-31(27,28)17-8-3-12(20)9-16(17)24(25)26/h1-10,22-23H. The molecule has 0 saturated heterocycles. The van der Waals surface area contributed by atoms with Crippen molar-refractivity contribution >= 4 is 69.0 Å². The number of nitrogens with zero attached hydrogens (tertiary/aromatic N) is 1. The molecule has 3 rings (SSSR count). The number of nitro groups is 1. The van der Waals surface area contributed by atoms with Crippen LogP contribution in [0.2, 0.25) is 0 Å². The van der Waals surface area contributed by atoms with Crippen LogP contribution in [0, 0.1) is 15.9 Å². The Hall–Kier alpha value is -2.55. The minimum Gasteiger partial charge on any atom is -0.280 e. The molecule has 0 aromatic heterocycles. The van der Waals surface area contributed by atoms with E-state index < -0.39 is 46.3 Å². The molecule has 168 valence electrons. The van der Waals surface area contributed by atoms with Crippen molar-refractivity contribution < 1.29 is 26.1 Å². The lowest BCUT2D eigenvalue weighted by Crippen LogP contribution is -2.17. The van der Waals surface area contributed by atoms with Gasteiger partial charge in [-0.3, -0.25) is 19.6 Å². The first-order valence-corrected chi connectivity index (χ1v) is 13.0. The molecule has 0 bridgehead atoms. The molecule has 0 spiro atoms. The first-order valence-electron chi connectivity index (χ1n) is 8.44. The fourth-order valence-corrected chi connectivity index (χ4v) is 5.55. The minimum absolute atomic E-state index is 0.157. The van der Waals surface area contributed by atoms with Gasteiger partial charge in [-0.1, -0.05) is 31.9 Å². The maximum Gasteiger partial charge on any atom is 0.291 e. The third-order valence-corrected chi connectivity index (χ3v) is 7.82. The molecular formula is C18H12Br2FN3O6S2. The summed E-state index contributed by atoms with van der Waals surface area (Å²) < 4.78 is 70.2. The molecule has 3 aromatic carbocycles. The molecule has 0 saturated carbocycles. The van der Waals surface area contributed by atoms with Gasteiger partial charge in [-0.15, -0.1) is 0 Å². The van der Waals surface area contributed by atoms with E-state index in [0.717, 1.165) is 30.3 Å². The third-order valence-electron chi connectivity index (χ3n) is 3.98. The Morgan fingerprint density at radius 3 is 1.91 bits per heavy atom. The lowest BCUT2D eigenvalue weighted by Gasteiger charge is -2.12. The summed E-state index contributed by atoms with van der Waals surface area (Å²) in [5, 5.41) is 11.3. The molecule has 32 heavy (non-hydrogen) atoms. The smallest absolute Gasteiger partial charge is 0.280 e. The summed E-state index contributed by atoms with van der Waals surface area (Å²) in [7, 11) is -8.92. The van der Waals surface area contributed by atoms with Gasteiger partial charge in [0.25, 0.3) is 25.7 Å². The van der Waals surface area contributed by atoms with Gasteiger partial charge in [0.15, 0.2) is 4.90 Å². The van der Waals surface area contributed by atoms with Crippen LogP contribution in [0.15, 0.2) is 79.4 Å². The van der Waals surface area contributed by atoms with Crippen LogP contribution < -0.4 is 9.44 Å². The summed E-state index contributed by atoms with van der Waals surface area (Å²) in [6.45, 7) is 0. The van der Waals surface area contributed by atoms with Gasteiger partial charge in [-0.05, 0) is 54.6 Å². The van der Waals surface area contributed by atoms with Crippen molar-refractivity contribution in [3.8, 4) is 0 Å². The van der Waals surface area contributed by atoms with E-state index in [-0.39, 0.29) is 15.8 Å². The number of hydrogen-bond acceptors (Lipinski definition) is 6. The Kier molecular flexibility index (Phi) is 6.88. The number of hydrogen-bond donors (Lipinski definition) is 2. The van der Waals surface area contributed by atoms with Crippen LogP contribution in [0.25, 0.3) is 0 Å². The van der Waals surface area contributed by atoms with Crippen molar-refractivity contribution in [3.05, 3.63) is 85.5 Å². The maximum absolute atomic E-state index is 14.3. The SMILES string of the molecule is O=[N+]([O-])c1cc(Br)ccc1S(=O)(=O)Nc1ccc(F)c(S(=O)(=O)Nc2ccc(Br)cc2)c1. The summed E-state index contributed by atoms with van der Waals surface area (Å²) in [5.41, 5.74) is -0.845. The quantitative estimate of drug-likeness (QED) is 0.290. The molecule has 0 heterocycles. The second-order valence-corrected chi connectivity index (χ2v) is 11.4. The number of sulfonamides is 2. The van der Waals surface area contributed by atoms with E-state index in [4.69, 9.17) is 0 Å². The van der Waals surface area contributed by atoms with Crippen molar-refractivity contribution in [3.63, 3.8) is 0 Å². The largest absolute Gasteiger partial charge is 0.291 e. The van der Waals surface area contributed by atoms with Gasteiger partial charge >= 0.3 is 0 Å². The Bertz CT molecular complexity index is 1420. The van der Waals surface area contributed by atoms with Crippen molar-refractivity contribution in [2.75, 3.05) is 9.44 Å². The lowest BCUT2D eigenvalue weighted by atomic mass is 10.3. The average molecular weight is 609 g/mol. The molecule has 0 fully saturated rings. The summed E-state index contributed by atoms with van der Waals surface area (Å²) >= 11 is 6.24. The highest BCUT2D eigenvalue weighted by molar-refractivity contribution is 9.10. The third kappa shape index (κ3) is 5.43. The fraction of sp³-hybridized carbons (Fsp3) is 0. The van der Waals surface area contributed by atoms with Crippen molar-refractivity contribution in [2.24, 2.45) is 0 Å². The van der Waals surface area contributed by atoms with Gasteiger partial charge in [-0.25, -0.2) is 21.2 Å². The molecule has 0 radical (unpaired) electrons. The molecule has 0 aliphatic carbocycles. The Labute approximate surface area is 199 Å². The van der Waals surface area contributed by atoms with E-state index in [1.807, 2.05) is 4.72 Å². The molecule has 0 aliphatic heterocycles. The van der Waals surface area contributed by atoms with Crippen molar-refractivity contribution in [2.45, 2.75) is 9.79 Å². The first kappa shape index (κ1) is 24.1. The van der Waals surface area contributed by atoms with E-state index in [1.165, 1.54) is 18.2 Å². The second kappa shape index (κ2) is 9.13. The van der Waals surface area contributed by atoms with Gasteiger partial charge in [-0.2, -0.15) is 0 Å². The maximum atomic E-state index is 14.3. The molecule has 0 aliphatic rings. The molecule has 9 nitrogen and oxygen atoms in total. The topological polar surface area (TPSA) is 135 Å². The predicted molar refractivity (Wildman–Crippen MR) is 123 cm³/mol. The molecule has 0 atom stereocenters. The van der Waals surface area contributed by atoms with Crippen LogP contribution in [0.3, 0.4) is 0 Å². The van der Waals surface area contributed by atoms with Crippen LogP contribution in [0.4, 0.5) is 21.5 Å². The van der Waals surface area contributed by atoms with Crippen LogP contribution >= 0.6 is 31.9 Å². The van der Waals surface area contributed by atoms with E-state index >= 15 is 0 Å². The highest BCUT2D eigenvalue weighted by Crippen LogP contribution is 2.30. The molecular weight excluding hydrogens is 597 g/mol. The molecule has 2 N–H and O–H groups in total. The molecule has 3 aromatic rings. The fourth-order valence-electron chi connectivity index (χ4n) is 2.57. The van der Waals surface area contributed by atoms with E-state index in [9.17, 15) is 31.3 Å². The number of rotatable bonds is 7. The Morgan fingerprint density at radius 1 is 0.750 bits per heavy atom. The zero-order valence-electron chi connectivity index (χ0n) is 15.6. The molecule has 0 unspecified atom stereocenters.